The third-order valence-electron chi connectivity index (χ3n) is 7.53. The zero-order valence-corrected chi connectivity index (χ0v) is 23.4. The summed E-state index contributed by atoms with van der Waals surface area (Å²) in [7, 11) is 0. The van der Waals surface area contributed by atoms with Gasteiger partial charge in [0.2, 0.25) is 0 Å². The van der Waals surface area contributed by atoms with E-state index in [4.69, 9.17) is 9.47 Å². The molecule has 234 valence electrons. The number of hydrogen-bond donors (Lipinski definition) is 4. The van der Waals surface area contributed by atoms with Gasteiger partial charge in [-0.05, 0) is 92.1 Å². The summed E-state index contributed by atoms with van der Waals surface area (Å²) in [6.07, 6.45) is -4.02. The number of nitrogens with one attached hydrogen (secondary N) is 2. The number of aliphatic hydroxyl groups excluding tert-OH is 1. The summed E-state index contributed by atoms with van der Waals surface area (Å²) in [5, 5.41) is 24.6. The second-order valence-electron chi connectivity index (χ2n) is 11.1. The van der Waals surface area contributed by atoms with Gasteiger partial charge in [0, 0.05) is 18.3 Å². The molecule has 0 heterocycles. The van der Waals surface area contributed by atoms with E-state index in [1.54, 1.807) is 6.92 Å². The topological polar surface area (TPSA) is 117 Å². The number of anilines is 1. The molecule has 0 bridgehead atoms. The van der Waals surface area contributed by atoms with Gasteiger partial charge in [-0.15, -0.1) is 0 Å². The zero-order chi connectivity index (χ0) is 31.8. The maximum atomic E-state index is 14.5. The highest BCUT2D eigenvalue weighted by molar-refractivity contribution is 6.06. The number of β-amino-alcohol motifs (C(OH)–C–C–N with tert-alkyl or cyclic N) is 1. The largest absolute Gasteiger partial charge is 0.488 e. The Bertz CT molecular complexity index is 1590. The molecular weight excluding hydrogens is 591 g/mol. The lowest BCUT2D eigenvalue weighted by Crippen LogP contribution is -2.44. The van der Waals surface area contributed by atoms with Gasteiger partial charge in [-0.1, -0.05) is 0 Å². The number of halogens is 5. The van der Waals surface area contributed by atoms with Gasteiger partial charge in [0.1, 0.15) is 35.6 Å². The van der Waals surface area contributed by atoms with Crippen LogP contribution in [0.5, 0.6) is 17.2 Å². The minimum atomic E-state index is -4.76. The lowest BCUT2D eigenvalue weighted by atomic mass is 9.98. The molecule has 0 radical (unpaired) electrons. The third kappa shape index (κ3) is 7.11. The lowest BCUT2D eigenvalue weighted by Gasteiger charge is -2.19. The molecule has 2 aliphatic carbocycles. The molecule has 0 aromatic heterocycles. The van der Waals surface area contributed by atoms with E-state index in [0.717, 1.165) is 18.2 Å². The van der Waals surface area contributed by atoms with Crippen molar-refractivity contribution in [2.75, 3.05) is 18.5 Å². The predicted octanol–water partition coefficient (Wildman–Crippen LogP) is 6.16. The van der Waals surface area contributed by atoms with Crippen LogP contribution in [0.25, 0.3) is 0 Å². The van der Waals surface area contributed by atoms with Crippen LogP contribution in [0.3, 0.4) is 0 Å². The maximum absolute atomic E-state index is 14.5. The highest BCUT2D eigenvalue weighted by Crippen LogP contribution is 2.48. The number of aryl methyl sites for hydroxylation is 1. The Balaban J connectivity index is 1.37. The average Bonchev–Trinajstić information content (AvgIpc) is 3.88. The predicted molar refractivity (Wildman–Crippen MR) is 148 cm³/mol. The van der Waals surface area contributed by atoms with Gasteiger partial charge in [0.05, 0.1) is 11.1 Å². The zero-order valence-electron chi connectivity index (χ0n) is 23.4. The summed E-state index contributed by atoms with van der Waals surface area (Å²) in [5.41, 5.74) is -2.19. The van der Waals surface area contributed by atoms with Gasteiger partial charge < -0.3 is 25.0 Å². The van der Waals surface area contributed by atoms with Crippen molar-refractivity contribution in [1.82, 2.24) is 5.32 Å². The van der Waals surface area contributed by atoms with Crippen LogP contribution in [-0.2, 0) is 11.0 Å². The molecule has 2 saturated carbocycles. The molecule has 1 amide bonds. The van der Waals surface area contributed by atoms with Crippen LogP contribution < -0.4 is 20.1 Å². The van der Waals surface area contributed by atoms with Crippen molar-refractivity contribution in [2.45, 2.75) is 56.3 Å². The molecule has 1 atom stereocenters. The Morgan fingerprint density at radius 2 is 1.75 bits per heavy atom. The van der Waals surface area contributed by atoms with E-state index in [1.165, 1.54) is 24.3 Å². The monoisotopic (exact) mass is 620 g/mol. The van der Waals surface area contributed by atoms with Crippen molar-refractivity contribution in [3.05, 3.63) is 82.4 Å². The molecule has 3 aromatic carbocycles. The average molecular weight is 621 g/mol. The molecule has 0 aliphatic heterocycles. The summed E-state index contributed by atoms with van der Waals surface area (Å²) in [4.78, 5) is 24.7. The summed E-state index contributed by atoms with van der Waals surface area (Å²) in [6, 6.07) is 8.75. The molecule has 8 nitrogen and oxygen atoms in total. The van der Waals surface area contributed by atoms with E-state index in [0.29, 0.717) is 37.3 Å². The van der Waals surface area contributed by atoms with Crippen molar-refractivity contribution in [2.24, 2.45) is 0 Å². The minimum absolute atomic E-state index is 0.00899. The second-order valence-corrected chi connectivity index (χ2v) is 11.1. The first-order chi connectivity index (χ1) is 20.8. The van der Waals surface area contributed by atoms with Crippen LogP contribution >= 0.6 is 0 Å². The van der Waals surface area contributed by atoms with E-state index in [2.05, 4.69) is 10.6 Å². The summed E-state index contributed by atoms with van der Waals surface area (Å²) >= 11 is 0. The van der Waals surface area contributed by atoms with Crippen LogP contribution in [-0.4, -0.2) is 46.9 Å². The van der Waals surface area contributed by atoms with Gasteiger partial charge >= 0.3 is 12.1 Å². The Labute approximate surface area is 248 Å². The Morgan fingerprint density at radius 1 is 1.02 bits per heavy atom. The molecule has 0 saturated heterocycles. The fraction of sp³-hybridized carbons (Fsp3) is 0.355. The quantitative estimate of drug-likeness (QED) is 0.179. The Hall–Kier alpha value is -4.23. The molecule has 0 spiro atoms. The number of amides is 1. The smallest absolute Gasteiger partial charge is 0.416 e. The number of carbonyl (C=O) groups is 2. The van der Waals surface area contributed by atoms with Crippen LogP contribution in [0.4, 0.5) is 27.6 Å². The lowest BCUT2D eigenvalue weighted by molar-refractivity contribution is -0.141. The van der Waals surface area contributed by atoms with E-state index in [-0.39, 0.29) is 41.0 Å². The highest BCUT2D eigenvalue weighted by atomic mass is 19.4. The first-order valence-corrected chi connectivity index (χ1v) is 13.8. The molecule has 5 rings (SSSR count). The summed E-state index contributed by atoms with van der Waals surface area (Å²) < 4.78 is 81.5. The molecule has 2 aliphatic rings. The van der Waals surface area contributed by atoms with Crippen molar-refractivity contribution in [1.29, 1.82) is 0 Å². The number of carboxylic acids is 1. The highest BCUT2D eigenvalue weighted by Gasteiger charge is 2.50. The number of alkyl halides is 3. The first-order valence-electron chi connectivity index (χ1n) is 13.8. The number of rotatable bonds is 12. The molecule has 44 heavy (non-hydrogen) atoms. The van der Waals surface area contributed by atoms with Crippen molar-refractivity contribution < 1.29 is 51.2 Å². The maximum Gasteiger partial charge on any atom is 0.416 e. The number of hydrogen-bond acceptors (Lipinski definition) is 6. The standard InChI is InChI=1S/C31H29F5N2O6/c1-16-10-18(32)4-7-25(16)44-26-13-21(17-2-3-17)23(31(34,35)36)12-22(26)28(40)38-19-5-6-24(33)27(11-19)43-15-20(39)14-37-30(8-9-30)29(41)42/h4-7,10-13,17,20,37,39H,2-3,8-9,14-15H2,1H3,(H,38,40)(H,41,42). The van der Waals surface area contributed by atoms with E-state index in [9.17, 15) is 41.8 Å². The van der Waals surface area contributed by atoms with Crippen LogP contribution in [0.2, 0.25) is 0 Å². The van der Waals surface area contributed by atoms with Gasteiger partial charge in [0.25, 0.3) is 5.91 Å². The SMILES string of the molecule is Cc1cc(F)ccc1Oc1cc(C2CC2)c(C(F)(F)F)cc1C(=O)Nc1ccc(F)c(OCC(O)CNC2(C(=O)O)CC2)c1. The number of ether oxygens (including phenoxy) is 2. The van der Waals surface area contributed by atoms with Crippen LogP contribution in [0, 0.1) is 18.6 Å². The molecule has 13 heteroatoms. The Kier molecular flexibility index (Phi) is 8.54. The minimum Gasteiger partial charge on any atom is -0.488 e. The molecular formula is C31H29F5N2O6. The van der Waals surface area contributed by atoms with Gasteiger partial charge in [0.15, 0.2) is 11.6 Å². The van der Waals surface area contributed by atoms with E-state index < -0.39 is 59.1 Å². The number of aliphatic hydroxyl groups is 1. The van der Waals surface area contributed by atoms with Crippen LogP contribution in [0.15, 0.2) is 48.5 Å². The van der Waals surface area contributed by atoms with Gasteiger partial charge in [-0.25, -0.2) is 8.78 Å². The van der Waals surface area contributed by atoms with E-state index in [1.807, 2.05) is 0 Å². The van der Waals surface area contributed by atoms with E-state index >= 15 is 0 Å². The number of aliphatic carboxylic acids is 1. The fourth-order valence-corrected chi connectivity index (χ4v) is 4.72. The third-order valence-corrected chi connectivity index (χ3v) is 7.53. The van der Waals surface area contributed by atoms with Crippen LogP contribution in [0.1, 0.15) is 58.6 Å². The number of benzene rings is 3. The number of carboxylic acid groups (broad SMARTS) is 1. The van der Waals surface area contributed by atoms with Gasteiger partial charge in [-0.3, -0.25) is 14.9 Å². The number of carbonyl (C=O) groups excluding carboxylic acids is 1. The van der Waals surface area contributed by atoms with Crippen molar-refractivity contribution in [3.8, 4) is 17.2 Å². The first kappa shape index (κ1) is 31.2. The molecule has 2 fully saturated rings. The second kappa shape index (κ2) is 12.0. The molecule has 3 aromatic rings. The van der Waals surface area contributed by atoms with Gasteiger partial charge in [-0.2, -0.15) is 13.2 Å². The van der Waals surface area contributed by atoms with Crippen molar-refractivity contribution in [3.63, 3.8) is 0 Å². The summed E-state index contributed by atoms with van der Waals surface area (Å²) in [5.74, 6) is -4.13. The Morgan fingerprint density at radius 3 is 2.36 bits per heavy atom. The molecule has 4 N–H and O–H groups in total. The normalized spacial score (nSPS) is 16.2. The molecule has 1 unspecified atom stereocenters. The fourth-order valence-electron chi connectivity index (χ4n) is 4.72. The van der Waals surface area contributed by atoms with Crippen molar-refractivity contribution >= 4 is 17.6 Å². The summed E-state index contributed by atoms with van der Waals surface area (Å²) in [6.45, 7) is 1.01.